The number of benzene rings is 2. The minimum absolute atomic E-state index is 0.243. The lowest BCUT2D eigenvalue weighted by molar-refractivity contribution is 0.148. The number of fused-ring (bicyclic) bond motifs is 1. The molecule has 1 saturated heterocycles. The van der Waals surface area contributed by atoms with Crippen LogP contribution in [-0.2, 0) is 16.6 Å². The second kappa shape index (κ2) is 7.58. The monoisotopic (exact) mass is 399 g/mol. The van der Waals surface area contributed by atoms with Gasteiger partial charge in [0.05, 0.1) is 17.5 Å². The number of ether oxygens (including phenoxy) is 1. The smallest absolute Gasteiger partial charge is 0.268 e. The van der Waals surface area contributed by atoms with Gasteiger partial charge in [0, 0.05) is 44.3 Å². The van der Waals surface area contributed by atoms with Crippen molar-refractivity contribution in [2.45, 2.75) is 11.4 Å². The van der Waals surface area contributed by atoms with Crippen molar-refractivity contribution >= 4 is 20.9 Å². The Balaban J connectivity index is 1.60. The second-order valence-electron chi connectivity index (χ2n) is 7.26. The van der Waals surface area contributed by atoms with Gasteiger partial charge in [0.2, 0.25) is 0 Å². The third-order valence-corrected chi connectivity index (χ3v) is 7.04. The van der Waals surface area contributed by atoms with Crippen LogP contribution in [0.5, 0.6) is 5.75 Å². The topological polar surface area (TPSA) is 54.8 Å². The fraction of sp³-hybridized carbons (Fsp3) is 0.333. The Morgan fingerprint density at radius 2 is 1.68 bits per heavy atom. The van der Waals surface area contributed by atoms with Gasteiger partial charge in [-0.3, -0.25) is 4.90 Å². The molecular weight excluding hydrogens is 374 g/mol. The van der Waals surface area contributed by atoms with Crippen molar-refractivity contribution in [1.29, 1.82) is 0 Å². The Morgan fingerprint density at radius 3 is 2.36 bits per heavy atom. The molecule has 28 heavy (non-hydrogen) atoms. The van der Waals surface area contributed by atoms with Crippen LogP contribution in [0.25, 0.3) is 10.9 Å². The van der Waals surface area contributed by atoms with E-state index in [1.165, 1.54) is 9.54 Å². The van der Waals surface area contributed by atoms with Crippen LogP contribution in [0.15, 0.2) is 59.6 Å². The summed E-state index contributed by atoms with van der Waals surface area (Å²) in [6.07, 6.45) is 1.63. The van der Waals surface area contributed by atoms with Gasteiger partial charge in [0.1, 0.15) is 5.75 Å². The number of nitrogens with zero attached hydrogens (tertiary/aromatic N) is 3. The third kappa shape index (κ3) is 3.65. The second-order valence-corrected chi connectivity index (χ2v) is 9.08. The van der Waals surface area contributed by atoms with E-state index in [1.54, 1.807) is 37.6 Å². The molecule has 0 bridgehead atoms. The summed E-state index contributed by atoms with van der Waals surface area (Å²) in [6.45, 7) is 5.17. The number of piperazine rings is 1. The molecule has 0 spiro atoms. The van der Waals surface area contributed by atoms with Gasteiger partial charge >= 0.3 is 0 Å². The average molecular weight is 400 g/mol. The number of rotatable bonds is 5. The maximum atomic E-state index is 13.1. The first-order chi connectivity index (χ1) is 13.5. The van der Waals surface area contributed by atoms with Gasteiger partial charge in [-0.15, -0.1) is 0 Å². The molecule has 0 atom stereocenters. The first kappa shape index (κ1) is 19.0. The van der Waals surface area contributed by atoms with E-state index < -0.39 is 10.0 Å². The summed E-state index contributed by atoms with van der Waals surface area (Å²) in [7, 11) is 0.0582. The number of hydrogen-bond donors (Lipinski definition) is 0. The summed E-state index contributed by atoms with van der Waals surface area (Å²) in [4.78, 5) is 5.02. The van der Waals surface area contributed by atoms with Crippen LogP contribution in [0.2, 0.25) is 0 Å². The predicted molar refractivity (Wildman–Crippen MR) is 110 cm³/mol. The van der Waals surface area contributed by atoms with E-state index in [2.05, 4.69) is 22.9 Å². The van der Waals surface area contributed by atoms with Crippen LogP contribution in [0.1, 0.15) is 5.56 Å². The Morgan fingerprint density at radius 1 is 0.964 bits per heavy atom. The molecular formula is C21H25N3O3S. The lowest BCUT2D eigenvalue weighted by Gasteiger charge is -2.32. The summed E-state index contributed by atoms with van der Waals surface area (Å²) in [6, 6.07) is 14.4. The Kier molecular flexibility index (Phi) is 5.14. The molecule has 1 aromatic heterocycles. The van der Waals surface area contributed by atoms with E-state index in [1.807, 2.05) is 18.2 Å². The molecule has 7 heteroatoms. The molecule has 4 rings (SSSR count). The van der Waals surface area contributed by atoms with Crippen molar-refractivity contribution in [1.82, 2.24) is 13.8 Å². The SMILES string of the molecule is COc1ccc(S(=O)(=O)n2ccc3cc(CN4CCN(C)CC4)ccc32)cc1. The highest BCUT2D eigenvalue weighted by molar-refractivity contribution is 7.90. The molecule has 3 aromatic rings. The van der Waals surface area contributed by atoms with E-state index >= 15 is 0 Å². The fourth-order valence-electron chi connectivity index (χ4n) is 3.60. The van der Waals surface area contributed by atoms with E-state index in [0.29, 0.717) is 11.3 Å². The number of methoxy groups -OCH3 is 1. The first-order valence-electron chi connectivity index (χ1n) is 9.38. The number of hydrogen-bond acceptors (Lipinski definition) is 5. The zero-order valence-corrected chi connectivity index (χ0v) is 17.0. The van der Waals surface area contributed by atoms with Gasteiger partial charge in [-0.2, -0.15) is 0 Å². The molecule has 2 heterocycles. The van der Waals surface area contributed by atoms with Gasteiger partial charge < -0.3 is 9.64 Å². The molecule has 1 aliphatic rings. The van der Waals surface area contributed by atoms with Gasteiger partial charge in [0.15, 0.2) is 0 Å². The highest BCUT2D eigenvalue weighted by Gasteiger charge is 2.19. The van der Waals surface area contributed by atoms with Crippen molar-refractivity contribution in [3.05, 3.63) is 60.3 Å². The summed E-state index contributed by atoms with van der Waals surface area (Å²) >= 11 is 0. The highest BCUT2D eigenvalue weighted by Crippen LogP contribution is 2.25. The molecule has 6 nitrogen and oxygen atoms in total. The quantitative estimate of drug-likeness (QED) is 0.660. The van der Waals surface area contributed by atoms with Crippen molar-refractivity contribution in [2.24, 2.45) is 0 Å². The molecule has 0 aliphatic carbocycles. The standard InChI is InChI=1S/C21H25N3O3S/c1-22-11-13-23(14-12-22)16-17-3-8-21-18(15-17)9-10-24(21)28(25,26)20-6-4-19(27-2)5-7-20/h3-10,15H,11-14,16H2,1-2H3. The van der Waals surface area contributed by atoms with Gasteiger partial charge in [-0.25, -0.2) is 12.4 Å². The molecule has 1 fully saturated rings. The van der Waals surface area contributed by atoms with Crippen LogP contribution in [-0.4, -0.2) is 62.5 Å². The van der Waals surface area contributed by atoms with Crippen LogP contribution in [0, 0.1) is 0 Å². The lowest BCUT2D eigenvalue weighted by atomic mass is 10.1. The highest BCUT2D eigenvalue weighted by atomic mass is 32.2. The molecule has 0 saturated carbocycles. The minimum atomic E-state index is -3.65. The van der Waals surface area contributed by atoms with Crippen LogP contribution < -0.4 is 4.74 Å². The van der Waals surface area contributed by atoms with Crippen molar-refractivity contribution in [2.75, 3.05) is 40.3 Å². The molecule has 0 radical (unpaired) electrons. The lowest BCUT2D eigenvalue weighted by Crippen LogP contribution is -2.43. The third-order valence-electron chi connectivity index (χ3n) is 5.34. The molecule has 1 aliphatic heterocycles. The largest absolute Gasteiger partial charge is 0.497 e. The molecule has 0 unspecified atom stereocenters. The summed E-state index contributed by atoms with van der Waals surface area (Å²) in [5, 5.41) is 0.934. The zero-order valence-electron chi connectivity index (χ0n) is 16.2. The van der Waals surface area contributed by atoms with Gasteiger partial charge in [-0.05, 0) is 55.1 Å². The molecule has 0 amide bonds. The van der Waals surface area contributed by atoms with E-state index in [9.17, 15) is 8.42 Å². The summed E-state index contributed by atoms with van der Waals surface area (Å²) in [5.41, 5.74) is 1.90. The van der Waals surface area contributed by atoms with Gasteiger partial charge in [0.25, 0.3) is 10.0 Å². The van der Waals surface area contributed by atoms with Gasteiger partial charge in [-0.1, -0.05) is 6.07 Å². The minimum Gasteiger partial charge on any atom is -0.497 e. The fourth-order valence-corrected chi connectivity index (χ4v) is 4.95. The Labute approximate surface area is 166 Å². The number of likely N-dealkylation sites (N-methyl/N-ethyl adjacent to an activating group) is 1. The van der Waals surface area contributed by atoms with Crippen LogP contribution in [0.4, 0.5) is 0 Å². The first-order valence-corrected chi connectivity index (χ1v) is 10.8. The van der Waals surface area contributed by atoms with Crippen molar-refractivity contribution in [3.8, 4) is 5.75 Å². The normalized spacial score (nSPS) is 16.5. The van der Waals surface area contributed by atoms with E-state index in [-0.39, 0.29) is 4.90 Å². The van der Waals surface area contributed by atoms with E-state index in [0.717, 1.165) is 38.1 Å². The molecule has 0 N–H and O–H groups in total. The van der Waals surface area contributed by atoms with E-state index in [4.69, 9.17) is 4.74 Å². The Hall–Kier alpha value is -2.35. The number of aromatic nitrogens is 1. The summed E-state index contributed by atoms with van der Waals surface area (Å²) < 4.78 is 32.6. The van der Waals surface area contributed by atoms with Crippen LogP contribution in [0.3, 0.4) is 0 Å². The maximum Gasteiger partial charge on any atom is 0.268 e. The molecule has 2 aromatic carbocycles. The van der Waals surface area contributed by atoms with Crippen LogP contribution >= 0.6 is 0 Å². The zero-order chi connectivity index (χ0) is 19.7. The van der Waals surface area contributed by atoms with Crippen molar-refractivity contribution in [3.63, 3.8) is 0 Å². The maximum absolute atomic E-state index is 13.1. The predicted octanol–water partition coefficient (Wildman–Crippen LogP) is 2.63. The Bertz CT molecular complexity index is 1070. The molecule has 148 valence electrons. The van der Waals surface area contributed by atoms with Crippen molar-refractivity contribution < 1.29 is 13.2 Å². The summed E-state index contributed by atoms with van der Waals surface area (Å²) in [5.74, 6) is 0.630. The average Bonchev–Trinajstić information content (AvgIpc) is 3.14.